The molecule has 0 aliphatic carbocycles. The maximum absolute atomic E-state index is 13.8. The Kier molecular flexibility index (Phi) is 6.19. The van der Waals surface area contributed by atoms with E-state index in [4.69, 9.17) is 0 Å². The van der Waals surface area contributed by atoms with Crippen LogP contribution in [0.25, 0.3) is 0 Å². The molecule has 0 bridgehead atoms. The highest BCUT2D eigenvalue weighted by molar-refractivity contribution is 7.07. The Hall–Kier alpha value is -3.32. The number of nitrogens with zero attached hydrogens (tertiary/aromatic N) is 3. The Balaban J connectivity index is 1.66. The summed E-state index contributed by atoms with van der Waals surface area (Å²) >= 11 is 1.58. The molecule has 1 saturated heterocycles. The second kappa shape index (κ2) is 9.04. The molecule has 4 rings (SSSR count). The van der Waals surface area contributed by atoms with E-state index in [0.29, 0.717) is 6.54 Å². The molecule has 3 aromatic rings. The molecule has 164 valence electrons. The Morgan fingerprint density at radius 2 is 1.97 bits per heavy atom. The van der Waals surface area contributed by atoms with Crippen molar-refractivity contribution in [3.05, 3.63) is 87.9 Å². The quantitative estimate of drug-likeness (QED) is 0.518. The summed E-state index contributed by atoms with van der Waals surface area (Å²) in [6, 6.07) is 13.1. The number of likely N-dealkylation sites (tertiary alicyclic amines) is 1. The van der Waals surface area contributed by atoms with Crippen LogP contribution in [0.15, 0.2) is 65.6 Å². The number of rotatable bonds is 7. The van der Waals surface area contributed by atoms with Gasteiger partial charge in [0.25, 0.3) is 0 Å². The third kappa shape index (κ3) is 4.21. The van der Waals surface area contributed by atoms with Crippen molar-refractivity contribution >= 4 is 29.1 Å². The maximum atomic E-state index is 13.8. The minimum Gasteiger partial charge on any atom is -0.341 e. The van der Waals surface area contributed by atoms with Gasteiger partial charge in [-0.3, -0.25) is 24.3 Å². The van der Waals surface area contributed by atoms with Crippen molar-refractivity contribution in [2.24, 2.45) is 0 Å². The van der Waals surface area contributed by atoms with Crippen LogP contribution in [-0.2, 0) is 32.9 Å². The molecule has 0 saturated carbocycles. The molecule has 32 heavy (non-hydrogen) atoms. The Morgan fingerprint density at radius 1 is 1.16 bits per heavy atom. The highest BCUT2D eigenvalue weighted by atomic mass is 32.1. The van der Waals surface area contributed by atoms with Crippen LogP contribution in [0.3, 0.4) is 0 Å². The van der Waals surface area contributed by atoms with Gasteiger partial charge >= 0.3 is 0 Å². The molecule has 0 spiro atoms. The lowest BCUT2D eigenvalue weighted by atomic mass is 9.74. The van der Waals surface area contributed by atoms with Gasteiger partial charge in [0.15, 0.2) is 0 Å². The van der Waals surface area contributed by atoms with E-state index >= 15 is 0 Å². The summed E-state index contributed by atoms with van der Waals surface area (Å²) in [7, 11) is 1.74. The van der Waals surface area contributed by atoms with E-state index in [1.54, 1.807) is 41.7 Å². The van der Waals surface area contributed by atoms with E-state index in [-0.39, 0.29) is 37.1 Å². The third-order valence-electron chi connectivity index (χ3n) is 6.01. The van der Waals surface area contributed by atoms with Crippen LogP contribution in [0.2, 0.25) is 0 Å². The predicted molar refractivity (Wildman–Crippen MR) is 123 cm³/mol. The molecule has 1 aliphatic rings. The van der Waals surface area contributed by atoms with Gasteiger partial charge in [-0.25, -0.2) is 0 Å². The van der Waals surface area contributed by atoms with Gasteiger partial charge < -0.3 is 4.90 Å². The number of aromatic nitrogens is 1. The Morgan fingerprint density at radius 3 is 2.66 bits per heavy atom. The largest absolute Gasteiger partial charge is 0.341 e. The zero-order valence-corrected chi connectivity index (χ0v) is 19.0. The number of carbonyl (C=O) groups excluding carboxylic acids is 3. The second-order valence-electron chi connectivity index (χ2n) is 8.28. The van der Waals surface area contributed by atoms with Crippen LogP contribution in [0, 0.1) is 6.92 Å². The fourth-order valence-electron chi connectivity index (χ4n) is 4.33. The highest BCUT2D eigenvalue weighted by Gasteiger charge is 2.54. The topological polar surface area (TPSA) is 70.6 Å². The van der Waals surface area contributed by atoms with Gasteiger partial charge in [-0.2, -0.15) is 11.3 Å². The Bertz CT molecular complexity index is 1130. The van der Waals surface area contributed by atoms with E-state index in [9.17, 15) is 14.4 Å². The molecule has 0 N–H and O–H groups in total. The molecule has 0 radical (unpaired) electrons. The molecular weight excluding hydrogens is 422 g/mol. The monoisotopic (exact) mass is 447 g/mol. The lowest BCUT2D eigenvalue weighted by Gasteiger charge is -2.30. The summed E-state index contributed by atoms with van der Waals surface area (Å²) in [5.41, 5.74) is 2.25. The zero-order chi connectivity index (χ0) is 22.7. The summed E-state index contributed by atoms with van der Waals surface area (Å²) in [4.78, 5) is 47.1. The molecule has 3 heterocycles. The van der Waals surface area contributed by atoms with Crippen molar-refractivity contribution in [2.45, 2.75) is 38.3 Å². The lowest BCUT2D eigenvalue weighted by molar-refractivity contribution is -0.143. The number of imide groups is 1. The molecule has 7 heteroatoms. The smallest absolute Gasteiger partial charge is 0.241 e. The fourth-order valence-corrected chi connectivity index (χ4v) is 4.99. The molecular formula is C25H25N3O3S. The van der Waals surface area contributed by atoms with Gasteiger partial charge in [0.1, 0.15) is 0 Å². The highest BCUT2D eigenvalue weighted by Crippen LogP contribution is 2.42. The minimum atomic E-state index is -1.20. The average molecular weight is 448 g/mol. The third-order valence-corrected chi connectivity index (χ3v) is 6.74. The Labute approximate surface area is 191 Å². The summed E-state index contributed by atoms with van der Waals surface area (Å²) < 4.78 is 0. The van der Waals surface area contributed by atoms with Gasteiger partial charge in [0, 0.05) is 38.8 Å². The predicted octanol–water partition coefficient (Wildman–Crippen LogP) is 3.70. The minimum absolute atomic E-state index is 0.0189. The second-order valence-corrected chi connectivity index (χ2v) is 9.06. The number of pyridine rings is 1. The molecule has 3 amide bonds. The van der Waals surface area contributed by atoms with Crippen molar-refractivity contribution in [3.63, 3.8) is 0 Å². The average Bonchev–Trinajstić information content (AvgIpc) is 3.37. The molecule has 1 aliphatic heterocycles. The first-order valence-electron chi connectivity index (χ1n) is 10.5. The van der Waals surface area contributed by atoms with Crippen LogP contribution in [-0.4, -0.2) is 39.6 Å². The van der Waals surface area contributed by atoms with Gasteiger partial charge in [0.05, 0.1) is 12.0 Å². The first-order valence-corrected chi connectivity index (χ1v) is 11.4. The molecule has 6 nitrogen and oxygen atoms in total. The van der Waals surface area contributed by atoms with Crippen LogP contribution >= 0.6 is 11.3 Å². The van der Waals surface area contributed by atoms with E-state index in [1.165, 1.54) is 4.90 Å². The molecule has 1 unspecified atom stereocenters. The summed E-state index contributed by atoms with van der Waals surface area (Å²) in [5, 5.41) is 3.97. The van der Waals surface area contributed by atoms with Gasteiger partial charge in [-0.05, 0) is 52.1 Å². The molecule has 1 aromatic carbocycles. The number of hydrogen-bond acceptors (Lipinski definition) is 5. The van der Waals surface area contributed by atoms with Gasteiger partial charge in [0.2, 0.25) is 17.7 Å². The SMILES string of the molecule is Cc1ccccc1C1(CC(=O)N(C)Cc2ccsc2)CC(=O)N(Cc2cccnc2)C1=O. The van der Waals surface area contributed by atoms with Crippen LogP contribution in [0.1, 0.15) is 35.1 Å². The van der Waals surface area contributed by atoms with Crippen LogP contribution < -0.4 is 0 Å². The zero-order valence-electron chi connectivity index (χ0n) is 18.2. The van der Waals surface area contributed by atoms with E-state index in [2.05, 4.69) is 4.98 Å². The van der Waals surface area contributed by atoms with E-state index in [0.717, 1.165) is 22.3 Å². The normalized spacial score (nSPS) is 18.2. The number of aryl methyl sites for hydroxylation is 1. The molecule has 2 aromatic heterocycles. The van der Waals surface area contributed by atoms with Crippen molar-refractivity contribution < 1.29 is 14.4 Å². The first kappa shape index (κ1) is 21.9. The number of amides is 3. The van der Waals surface area contributed by atoms with Crippen molar-refractivity contribution in [2.75, 3.05) is 7.05 Å². The summed E-state index contributed by atoms with van der Waals surface area (Å²) in [6.07, 6.45) is 3.23. The van der Waals surface area contributed by atoms with Crippen LogP contribution in [0.5, 0.6) is 0 Å². The van der Waals surface area contributed by atoms with Gasteiger partial charge in [-0.1, -0.05) is 30.3 Å². The van der Waals surface area contributed by atoms with Crippen LogP contribution in [0.4, 0.5) is 0 Å². The van der Waals surface area contributed by atoms with Crippen molar-refractivity contribution in [3.8, 4) is 0 Å². The molecule has 1 atom stereocenters. The number of benzene rings is 1. The number of hydrogen-bond donors (Lipinski definition) is 0. The number of carbonyl (C=O) groups is 3. The van der Waals surface area contributed by atoms with E-state index in [1.807, 2.05) is 54.1 Å². The number of thiophene rings is 1. The van der Waals surface area contributed by atoms with Crippen molar-refractivity contribution in [1.29, 1.82) is 0 Å². The van der Waals surface area contributed by atoms with E-state index < -0.39 is 5.41 Å². The standard InChI is InChI=1S/C25H25N3O3S/c1-18-6-3-4-8-21(18)25(12-22(29)27(2)15-20-9-11-32-17-20)13-23(30)28(24(25)31)16-19-7-5-10-26-14-19/h3-11,14,17H,12-13,15-16H2,1-2H3. The maximum Gasteiger partial charge on any atom is 0.241 e. The molecule has 1 fully saturated rings. The fraction of sp³-hybridized carbons (Fsp3) is 0.280. The summed E-state index contributed by atoms with van der Waals surface area (Å²) in [5.74, 6) is -0.753. The van der Waals surface area contributed by atoms with Gasteiger partial charge in [-0.15, -0.1) is 0 Å². The lowest BCUT2D eigenvalue weighted by Crippen LogP contribution is -2.42. The summed E-state index contributed by atoms with van der Waals surface area (Å²) in [6.45, 7) is 2.53. The van der Waals surface area contributed by atoms with Crippen molar-refractivity contribution in [1.82, 2.24) is 14.8 Å². The first-order chi connectivity index (χ1) is 15.4.